The molecule has 0 saturated carbocycles. The van der Waals surface area contributed by atoms with E-state index in [1.54, 1.807) is 0 Å². The molecular formula is C30H29N7O2. The molecule has 5 aromatic rings. The van der Waals surface area contributed by atoms with Crippen molar-refractivity contribution in [1.29, 1.82) is 0 Å². The van der Waals surface area contributed by atoms with Gasteiger partial charge in [-0.05, 0) is 47.0 Å². The van der Waals surface area contributed by atoms with E-state index in [4.69, 9.17) is 15.1 Å². The molecule has 0 saturated heterocycles. The number of hydrogen-bond acceptors (Lipinski definition) is 7. The Balaban J connectivity index is 1.27. The summed E-state index contributed by atoms with van der Waals surface area (Å²) in [5, 5.41) is 15.4. The molecule has 3 N–H and O–H groups in total. The zero-order chi connectivity index (χ0) is 26.8. The molecule has 0 bridgehead atoms. The Morgan fingerprint density at radius 1 is 1.03 bits per heavy atom. The number of unbranched alkanes of at least 4 members (excludes halogenated alkanes) is 1. The Kier molecular flexibility index (Phi) is 6.62. The molecule has 0 aliphatic carbocycles. The lowest BCUT2D eigenvalue weighted by Crippen LogP contribution is -2.35. The van der Waals surface area contributed by atoms with E-state index in [1.165, 1.54) is 0 Å². The van der Waals surface area contributed by atoms with Gasteiger partial charge in [0.15, 0.2) is 0 Å². The van der Waals surface area contributed by atoms with Crippen molar-refractivity contribution < 1.29 is 9.21 Å². The van der Waals surface area contributed by atoms with Crippen molar-refractivity contribution in [2.45, 2.75) is 45.2 Å². The lowest BCUT2D eigenvalue weighted by molar-refractivity contribution is -0.127. The molecule has 2 aromatic heterocycles. The van der Waals surface area contributed by atoms with Crippen molar-refractivity contribution in [2.24, 2.45) is 4.99 Å². The second-order valence-electron chi connectivity index (χ2n) is 9.76. The Bertz CT molecular complexity index is 1660. The molecule has 3 aromatic carbocycles. The van der Waals surface area contributed by atoms with Gasteiger partial charge in [-0.3, -0.25) is 14.7 Å². The number of nitrogen functional groups attached to an aromatic ring is 1. The van der Waals surface area contributed by atoms with E-state index >= 15 is 0 Å². The number of nitrogens with one attached hydrogen (secondary N) is 1. The maximum atomic E-state index is 13.5. The number of furan rings is 1. The van der Waals surface area contributed by atoms with Gasteiger partial charge in [0, 0.05) is 35.0 Å². The molecule has 39 heavy (non-hydrogen) atoms. The molecule has 196 valence electrons. The summed E-state index contributed by atoms with van der Waals surface area (Å²) in [6, 6.07) is 23.1. The van der Waals surface area contributed by atoms with Crippen LogP contribution in [0.2, 0.25) is 0 Å². The van der Waals surface area contributed by atoms with E-state index in [-0.39, 0.29) is 5.91 Å². The maximum absolute atomic E-state index is 13.5. The average molecular weight is 520 g/mol. The minimum atomic E-state index is -0.451. The highest BCUT2D eigenvalue weighted by atomic mass is 16.3. The number of anilines is 1. The Morgan fingerprint density at radius 3 is 2.64 bits per heavy atom. The molecule has 1 aliphatic rings. The summed E-state index contributed by atoms with van der Waals surface area (Å²) in [6.45, 7) is 2.60. The first-order valence-corrected chi connectivity index (χ1v) is 13.2. The number of nitrogens with two attached hydrogens (primary N) is 1. The van der Waals surface area contributed by atoms with Gasteiger partial charge in [0.2, 0.25) is 5.82 Å². The number of para-hydroxylation sites is 1. The molecule has 0 radical (unpaired) electrons. The first-order chi connectivity index (χ1) is 19.1. The minimum Gasteiger partial charge on any atom is -0.456 e. The second-order valence-corrected chi connectivity index (χ2v) is 9.76. The monoisotopic (exact) mass is 519 g/mol. The zero-order valence-corrected chi connectivity index (χ0v) is 21.7. The van der Waals surface area contributed by atoms with Gasteiger partial charge in [0.1, 0.15) is 23.2 Å². The van der Waals surface area contributed by atoms with Gasteiger partial charge >= 0.3 is 0 Å². The van der Waals surface area contributed by atoms with Crippen LogP contribution in [0.5, 0.6) is 0 Å². The van der Waals surface area contributed by atoms with E-state index in [9.17, 15) is 4.79 Å². The van der Waals surface area contributed by atoms with E-state index in [0.717, 1.165) is 58.3 Å². The number of tetrazole rings is 1. The lowest BCUT2D eigenvalue weighted by atomic mass is 10.0. The van der Waals surface area contributed by atoms with Gasteiger partial charge in [-0.2, -0.15) is 5.21 Å². The van der Waals surface area contributed by atoms with Crippen LogP contribution in [0.1, 0.15) is 37.3 Å². The Morgan fingerprint density at radius 2 is 1.85 bits per heavy atom. The quantitative estimate of drug-likeness (QED) is 0.251. The summed E-state index contributed by atoms with van der Waals surface area (Å²) in [4.78, 5) is 20.2. The van der Waals surface area contributed by atoms with Crippen LogP contribution in [0.4, 0.5) is 5.69 Å². The number of carbonyl (C=O) groups excluding carboxylic acids is 1. The van der Waals surface area contributed by atoms with E-state index in [1.807, 2.05) is 71.6 Å². The molecule has 6 rings (SSSR count). The summed E-state index contributed by atoms with van der Waals surface area (Å²) in [6.07, 6.45) is 3.29. The predicted molar refractivity (Wildman–Crippen MR) is 151 cm³/mol. The van der Waals surface area contributed by atoms with Gasteiger partial charge in [0.05, 0.1) is 6.54 Å². The number of aliphatic imine (C=N–C) groups is 1. The number of rotatable bonds is 9. The predicted octanol–water partition coefficient (Wildman–Crippen LogP) is 5.40. The summed E-state index contributed by atoms with van der Waals surface area (Å²) in [5.74, 6) is 2.09. The van der Waals surface area contributed by atoms with Gasteiger partial charge in [0.25, 0.3) is 5.91 Å². The third-order valence-electron chi connectivity index (χ3n) is 7.09. The molecule has 1 atom stereocenters. The molecule has 1 unspecified atom stereocenters. The van der Waals surface area contributed by atoms with Crippen LogP contribution >= 0.6 is 0 Å². The normalized spacial score (nSPS) is 15.3. The number of aromatic amines is 1. The van der Waals surface area contributed by atoms with E-state index in [0.29, 0.717) is 30.2 Å². The van der Waals surface area contributed by atoms with E-state index < -0.39 is 6.04 Å². The molecule has 9 nitrogen and oxygen atoms in total. The van der Waals surface area contributed by atoms with Crippen LogP contribution in [0.15, 0.2) is 82.2 Å². The largest absolute Gasteiger partial charge is 0.456 e. The summed E-state index contributed by atoms with van der Waals surface area (Å²) < 4.78 is 6.21. The number of aromatic nitrogens is 4. The van der Waals surface area contributed by atoms with Crippen molar-refractivity contribution in [1.82, 2.24) is 25.5 Å². The van der Waals surface area contributed by atoms with E-state index in [2.05, 4.69) is 33.6 Å². The minimum absolute atomic E-state index is 0.0198. The summed E-state index contributed by atoms with van der Waals surface area (Å²) in [7, 11) is 0. The molecule has 1 amide bonds. The molecule has 0 spiro atoms. The average Bonchev–Trinajstić information content (AvgIpc) is 3.70. The molecule has 0 fully saturated rings. The Hall–Kier alpha value is -4.79. The number of carbonyl (C=O) groups is 1. The number of nitrogens with zero attached hydrogens (tertiary/aromatic N) is 5. The van der Waals surface area contributed by atoms with Crippen molar-refractivity contribution in [3.8, 4) is 22.7 Å². The van der Waals surface area contributed by atoms with Crippen molar-refractivity contribution in [3.63, 3.8) is 0 Å². The van der Waals surface area contributed by atoms with Gasteiger partial charge < -0.3 is 10.2 Å². The number of H-pyrrole nitrogens is 1. The third kappa shape index (κ3) is 4.90. The van der Waals surface area contributed by atoms with Crippen molar-refractivity contribution >= 4 is 28.4 Å². The number of hydrogen-bond donors (Lipinski definition) is 2. The SMILES string of the molecule is CCCCC1=NC(Cc2ccccc2N)C(=O)N1Cc1ccc2oc(-c3ccccc3-c3nn[nH]n3)cc2c1. The van der Waals surface area contributed by atoms with Gasteiger partial charge in [-0.25, -0.2) is 0 Å². The fourth-order valence-corrected chi connectivity index (χ4v) is 5.05. The Labute approximate surface area is 225 Å². The first kappa shape index (κ1) is 24.5. The van der Waals surface area contributed by atoms with Crippen LogP contribution in [-0.4, -0.2) is 43.3 Å². The van der Waals surface area contributed by atoms with Crippen LogP contribution in [-0.2, 0) is 17.8 Å². The highest BCUT2D eigenvalue weighted by Gasteiger charge is 2.34. The first-order valence-electron chi connectivity index (χ1n) is 13.2. The molecule has 9 heteroatoms. The number of benzene rings is 3. The summed E-state index contributed by atoms with van der Waals surface area (Å²) in [5.41, 5.74) is 11.3. The fraction of sp³-hybridized carbons (Fsp3) is 0.233. The lowest BCUT2D eigenvalue weighted by Gasteiger charge is -2.19. The highest BCUT2D eigenvalue weighted by molar-refractivity contribution is 6.06. The fourth-order valence-electron chi connectivity index (χ4n) is 5.05. The van der Waals surface area contributed by atoms with Crippen LogP contribution in [0.25, 0.3) is 33.7 Å². The maximum Gasteiger partial charge on any atom is 0.253 e. The standard InChI is InChI=1S/C30H29N7O2/c1-2-3-12-28-32-25(16-20-8-4-7-11-24(20)31)30(38)37(28)18-19-13-14-26-21(15-19)17-27(39-26)22-9-5-6-10-23(22)29-33-35-36-34-29/h4-11,13-15,17,25H,2-3,12,16,18,31H2,1H3,(H,33,34,35,36). The zero-order valence-electron chi connectivity index (χ0n) is 21.7. The number of fused-ring (bicyclic) bond motifs is 1. The van der Waals surface area contributed by atoms with Crippen LogP contribution in [0, 0.1) is 0 Å². The third-order valence-corrected chi connectivity index (χ3v) is 7.09. The van der Waals surface area contributed by atoms with Crippen LogP contribution in [0.3, 0.4) is 0 Å². The van der Waals surface area contributed by atoms with Crippen molar-refractivity contribution in [2.75, 3.05) is 5.73 Å². The smallest absolute Gasteiger partial charge is 0.253 e. The summed E-state index contributed by atoms with van der Waals surface area (Å²) >= 11 is 0. The molecule has 1 aliphatic heterocycles. The molecular weight excluding hydrogens is 490 g/mol. The number of amidine groups is 1. The van der Waals surface area contributed by atoms with Gasteiger partial charge in [-0.1, -0.05) is 61.9 Å². The van der Waals surface area contributed by atoms with Gasteiger partial charge in [-0.15, -0.1) is 10.2 Å². The second kappa shape index (κ2) is 10.5. The number of amides is 1. The molecule has 3 heterocycles. The van der Waals surface area contributed by atoms with Crippen LogP contribution < -0.4 is 5.73 Å². The highest BCUT2D eigenvalue weighted by Crippen LogP contribution is 2.34. The van der Waals surface area contributed by atoms with Crippen molar-refractivity contribution in [3.05, 3.63) is 83.9 Å². The topological polar surface area (TPSA) is 126 Å².